The van der Waals surface area contributed by atoms with Gasteiger partial charge in [0.05, 0.1) is 5.69 Å². The maximum absolute atomic E-state index is 5.75. The van der Waals surface area contributed by atoms with Gasteiger partial charge in [-0.15, -0.1) is 0 Å². The van der Waals surface area contributed by atoms with Gasteiger partial charge < -0.3 is 11.1 Å². The zero-order chi connectivity index (χ0) is 16.9. The van der Waals surface area contributed by atoms with Crippen molar-refractivity contribution >= 4 is 22.2 Å². The number of allylic oxidation sites excluding steroid dienone is 3. The fraction of sp³-hybridized carbons (Fsp3) is 0.100. The normalized spacial score (nSPS) is 12.0. The third kappa shape index (κ3) is 2.99. The van der Waals surface area contributed by atoms with Gasteiger partial charge in [0.2, 0.25) is 0 Å². The van der Waals surface area contributed by atoms with E-state index in [4.69, 9.17) is 10.7 Å². The van der Waals surface area contributed by atoms with Gasteiger partial charge in [0.1, 0.15) is 5.82 Å². The minimum Gasteiger partial charge on any atom is -0.404 e. The van der Waals surface area contributed by atoms with Crippen LogP contribution in [-0.2, 0) is 0 Å². The molecule has 0 amide bonds. The van der Waals surface area contributed by atoms with Crippen molar-refractivity contribution in [3.05, 3.63) is 72.7 Å². The van der Waals surface area contributed by atoms with Crippen molar-refractivity contribution < 1.29 is 0 Å². The number of nitrogens with zero attached hydrogens (tertiary/aromatic N) is 2. The van der Waals surface area contributed by atoms with E-state index in [1.807, 2.05) is 44.5 Å². The summed E-state index contributed by atoms with van der Waals surface area (Å²) in [7, 11) is 1.88. The number of benzene rings is 1. The lowest BCUT2D eigenvalue weighted by Gasteiger charge is -2.11. The third-order valence-electron chi connectivity index (χ3n) is 3.89. The summed E-state index contributed by atoms with van der Waals surface area (Å²) in [5, 5.41) is 5.38. The maximum atomic E-state index is 5.75. The summed E-state index contributed by atoms with van der Waals surface area (Å²) in [5.41, 5.74) is 9.70. The van der Waals surface area contributed by atoms with Crippen LogP contribution in [0.5, 0.6) is 0 Å². The Labute approximate surface area is 141 Å². The molecule has 2 heterocycles. The number of hydrogen-bond acceptors (Lipinski definition) is 4. The zero-order valence-corrected chi connectivity index (χ0v) is 13.8. The van der Waals surface area contributed by atoms with Crippen LogP contribution in [0, 0.1) is 0 Å². The molecule has 120 valence electrons. The lowest BCUT2D eigenvalue weighted by Crippen LogP contribution is -1.97. The van der Waals surface area contributed by atoms with Gasteiger partial charge >= 0.3 is 0 Å². The van der Waals surface area contributed by atoms with Crippen LogP contribution in [0.3, 0.4) is 0 Å². The Morgan fingerprint density at radius 1 is 1.21 bits per heavy atom. The molecule has 3 rings (SSSR count). The van der Waals surface area contributed by atoms with E-state index in [1.54, 1.807) is 12.4 Å². The van der Waals surface area contributed by atoms with Gasteiger partial charge in [0.15, 0.2) is 0 Å². The van der Waals surface area contributed by atoms with Crippen molar-refractivity contribution in [3.63, 3.8) is 0 Å². The van der Waals surface area contributed by atoms with Gasteiger partial charge in [0, 0.05) is 36.6 Å². The summed E-state index contributed by atoms with van der Waals surface area (Å²) < 4.78 is 0. The van der Waals surface area contributed by atoms with Crippen LogP contribution in [0.4, 0.5) is 5.82 Å². The first kappa shape index (κ1) is 15.7. The van der Waals surface area contributed by atoms with Crippen LogP contribution >= 0.6 is 0 Å². The first-order chi connectivity index (χ1) is 11.8. The molecule has 4 heteroatoms. The van der Waals surface area contributed by atoms with E-state index in [-0.39, 0.29) is 0 Å². The molecule has 1 aromatic carbocycles. The number of aromatic nitrogens is 2. The number of pyridine rings is 2. The van der Waals surface area contributed by atoms with Gasteiger partial charge in [-0.25, -0.2) is 4.98 Å². The summed E-state index contributed by atoms with van der Waals surface area (Å²) in [6.45, 7) is 1.98. The molecule has 0 unspecified atom stereocenters. The highest BCUT2D eigenvalue weighted by Crippen LogP contribution is 2.30. The molecule has 4 nitrogen and oxygen atoms in total. The molecule has 0 aliphatic heterocycles. The topological polar surface area (TPSA) is 63.8 Å². The molecule has 0 saturated heterocycles. The first-order valence-electron chi connectivity index (χ1n) is 7.84. The Balaban J connectivity index is 2.18. The fourth-order valence-electron chi connectivity index (χ4n) is 2.71. The molecule has 24 heavy (non-hydrogen) atoms. The van der Waals surface area contributed by atoms with Crippen LogP contribution in [0.15, 0.2) is 67.1 Å². The van der Waals surface area contributed by atoms with Crippen molar-refractivity contribution in [2.45, 2.75) is 6.92 Å². The van der Waals surface area contributed by atoms with Crippen molar-refractivity contribution in [1.82, 2.24) is 9.97 Å². The second-order valence-electron chi connectivity index (χ2n) is 5.41. The monoisotopic (exact) mass is 316 g/mol. The highest BCUT2D eigenvalue weighted by molar-refractivity contribution is 5.97. The van der Waals surface area contributed by atoms with Gasteiger partial charge in [-0.05, 0) is 47.7 Å². The van der Waals surface area contributed by atoms with Crippen LogP contribution in [0.25, 0.3) is 27.6 Å². The Kier molecular flexibility index (Phi) is 4.57. The van der Waals surface area contributed by atoms with Crippen molar-refractivity contribution in [2.24, 2.45) is 5.73 Å². The summed E-state index contributed by atoms with van der Waals surface area (Å²) in [5.74, 6) is 0.838. The summed E-state index contributed by atoms with van der Waals surface area (Å²) in [6.07, 6.45) is 9.18. The number of rotatable bonds is 4. The van der Waals surface area contributed by atoms with Crippen LogP contribution in [-0.4, -0.2) is 17.0 Å². The van der Waals surface area contributed by atoms with Gasteiger partial charge in [-0.2, -0.15) is 0 Å². The predicted molar refractivity (Wildman–Crippen MR) is 101 cm³/mol. The average Bonchev–Trinajstić information content (AvgIpc) is 2.65. The van der Waals surface area contributed by atoms with E-state index in [9.17, 15) is 0 Å². The lowest BCUT2D eigenvalue weighted by atomic mass is 10.0. The van der Waals surface area contributed by atoms with Crippen molar-refractivity contribution in [2.75, 3.05) is 12.4 Å². The number of anilines is 1. The van der Waals surface area contributed by atoms with E-state index in [0.717, 1.165) is 39.0 Å². The molecule has 0 aliphatic carbocycles. The number of nitrogens with one attached hydrogen (secondary N) is 1. The maximum Gasteiger partial charge on any atom is 0.134 e. The molecule has 3 aromatic rings. The van der Waals surface area contributed by atoms with E-state index < -0.39 is 0 Å². The van der Waals surface area contributed by atoms with E-state index >= 15 is 0 Å². The molecular formula is C20H20N4. The molecule has 0 fully saturated rings. The van der Waals surface area contributed by atoms with E-state index in [2.05, 4.69) is 34.6 Å². The second-order valence-corrected chi connectivity index (χ2v) is 5.41. The third-order valence-corrected chi connectivity index (χ3v) is 3.89. The Morgan fingerprint density at radius 2 is 2.08 bits per heavy atom. The molecular weight excluding hydrogens is 296 g/mol. The average molecular weight is 316 g/mol. The van der Waals surface area contributed by atoms with Gasteiger partial charge in [-0.3, -0.25) is 4.98 Å². The molecule has 0 atom stereocenters. The van der Waals surface area contributed by atoms with Crippen molar-refractivity contribution in [3.8, 4) is 11.3 Å². The molecule has 3 N–H and O–H groups in total. The molecule has 0 spiro atoms. The van der Waals surface area contributed by atoms with E-state index in [1.165, 1.54) is 0 Å². The predicted octanol–water partition coefficient (Wildman–Crippen LogP) is 4.21. The zero-order valence-electron chi connectivity index (χ0n) is 13.8. The minimum absolute atomic E-state index is 0.838. The Hall–Kier alpha value is -3.14. The van der Waals surface area contributed by atoms with Crippen LogP contribution in [0.1, 0.15) is 12.5 Å². The highest BCUT2D eigenvalue weighted by atomic mass is 15.0. The van der Waals surface area contributed by atoms with Crippen molar-refractivity contribution in [1.29, 1.82) is 0 Å². The highest BCUT2D eigenvalue weighted by Gasteiger charge is 2.09. The van der Waals surface area contributed by atoms with Crippen LogP contribution in [0.2, 0.25) is 0 Å². The second kappa shape index (κ2) is 6.96. The number of fused-ring (bicyclic) bond motifs is 1. The SMILES string of the molecule is C/C=C\C(=C/N)c1ccc2cc(-c3cccnc3)nc(NC)c2c1. The largest absolute Gasteiger partial charge is 0.404 e. The van der Waals surface area contributed by atoms with Gasteiger partial charge in [0.25, 0.3) is 0 Å². The van der Waals surface area contributed by atoms with Gasteiger partial charge in [-0.1, -0.05) is 24.3 Å². The molecule has 2 aromatic heterocycles. The molecule has 0 bridgehead atoms. The minimum atomic E-state index is 0.838. The quantitative estimate of drug-likeness (QED) is 0.708. The first-order valence-corrected chi connectivity index (χ1v) is 7.84. The Bertz CT molecular complexity index is 912. The molecule has 0 aliphatic rings. The lowest BCUT2D eigenvalue weighted by molar-refractivity contribution is 1.28. The van der Waals surface area contributed by atoms with E-state index in [0.29, 0.717) is 0 Å². The summed E-state index contributed by atoms with van der Waals surface area (Å²) in [4.78, 5) is 8.92. The smallest absolute Gasteiger partial charge is 0.134 e. The molecule has 0 radical (unpaired) electrons. The fourth-order valence-corrected chi connectivity index (χ4v) is 2.71. The Morgan fingerprint density at radius 3 is 2.75 bits per heavy atom. The number of nitrogens with two attached hydrogens (primary N) is 1. The standard InChI is InChI=1S/C20H20N4/c1-3-5-16(12-21)14-7-8-15-11-19(17-6-4-9-23-13-17)24-20(22-2)18(15)10-14/h3-13H,21H2,1-2H3,(H,22,24)/b5-3-,16-12+. The number of hydrogen-bond donors (Lipinski definition) is 2. The van der Waals surface area contributed by atoms with Crippen LogP contribution < -0.4 is 11.1 Å². The molecule has 0 saturated carbocycles. The summed E-state index contributed by atoms with van der Waals surface area (Å²) >= 11 is 0. The summed E-state index contributed by atoms with van der Waals surface area (Å²) in [6, 6.07) is 12.3.